The third kappa shape index (κ3) is 4.84. The highest BCUT2D eigenvalue weighted by molar-refractivity contribution is 5.94. The normalized spacial score (nSPS) is 12.1. The van der Waals surface area contributed by atoms with E-state index in [9.17, 15) is 14.0 Å². The monoisotopic (exact) mass is 423 g/mol. The standard InChI is InChI=1S/C25H30FN3O2/c1-4-6-7-12-17-29(25(31)18-13-8-10-15-20(18)26)22(5-2)23-27-21-16-11-9-14-19(21)24(30)28(23)3/h8-11,13-16,22H,4-7,12,17H2,1-3H3. The first-order valence-corrected chi connectivity index (χ1v) is 11.0. The Morgan fingerprint density at radius 3 is 2.48 bits per heavy atom. The number of benzene rings is 2. The summed E-state index contributed by atoms with van der Waals surface area (Å²) in [5.41, 5.74) is 0.494. The average Bonchev–Trinajstić information content (AvgIpc) is 2.79. The molecule has 1 heterocycles. The number of fused-ring (bicyclic) bond motifs is 1. The third-order valence-corrected chi connectivity index (χ3v) is 5.70. The summed E-state index contributed by atoms with van der Waals surface area (Å²) >= 11 is 0. The Bertz CT molecular complexity index is 1110. The summed E-state index contributed by atoms with van der Waals surface area (Å²) in [5.74, 6) is -0.392. The molecule has 164 valence electrons. The van der Waals surface area contributed by atoms with Gasteiger partial charge in [-0.3, -0.25) is 14.2 Å². The smallest absolute Gasteiger partial charge is 0.261 e. The lowest BCUT2D eigenvalue weighted by molar-refractivity contribution is 0.0648. The second-order valence-electron chi connectivity index (χ2n) is 7.81. The highest BCUT2D eigenvalue weighted by Gasteiger charge is 2.29. The van der Waals surface area contributed by atoms with Crippen LogP contribution in [0.1, 0.15) is 68.2 Å². The number of halogens is 1. The van der Waals surface area contributed by atoms with Crippen molar-refractivity contribution in [1.82, 2.24) is 14.5 Å². The molecule has 2 aromatic carbocycles. The number of hydrogen-bond acceptors (Lipinski definition) is 3. The van der Waals surface area contributed by atoms with Gasteiger partial charge in [-0.15, -0.1) is 0 Å². The van der Waals surface area contributed by atoms with Gasteiger partial charge < -0.3 is 4.90 Å². The van der Waals surface area contributed by atoms with E-state index in [-0.39, 0.29) is 17.0 Å². The van der Waals surface area contributed by atoms with Gasteiger partial charge in [-0.25, -0.2) is 9.37 Å². The van der Waals surface area contributed by atoms with Gasteiger partial charge in [-0.2, -0.15) is 0 Å². The number of carbonyl (C=O) groups excluding carboxylic acids is 1. The average molecular weight is 424 g/mol. The first kappa shape index (κ1) is 22.7. The van der Waals surface area contributed by atoms with Crippen LogP contribution in [0.25, 0.3) is 10.9 Å². The van der Waals surface area contributed by atoms with Crippen molar-refractivity contribution in [2.24, 2.45) is 7.05 Å². The van der Waals surface area contributed by atoms with E-state index in [1.807, 2.05) is 19.1 Å². The van der Waals surface area contributed by atoms with Crippen LogP contribution in [0.5, 0.6) is 0 Å². The zero-order valence-electron chi connectivity index (χ0n) is 18.5. The molecule has 0 aliphatic heterocycles. The minimum Gasteiger partial charge on any atom is -0.328 e. The van der Waals surface area contributed by atoms with Crippen molar-refractivity contribution in [1.29, 1.82) is 0 Å². The minimum absolute atomic E-state index is 0.0437. The van der Waals surface area contributed by atoms with Gasteiger partial charge in [0.1, 0.15) is 11.6 Å². The Morgan fingerprint density at radius 2 is 1.77 bits per heavy atom. The van der Waals surface area contributed by atoms with Crippen LogP contribution in [0.4, 0.5) is 4.39 Å². The molecule has 0 saturated heterocycles. The first-order valence-electron chi connectivity index (χ1n) is 11.0. The number of para-hydroxylation sites is 1. The van der Waals surface area contributed by atoms with Crippen molar-refractivity contribution in [3.05, 3.63) is 76.1 Å². The van der Waals surface area contributed by atoms with Crippen molar-refractivity contribution in [3.63, 3.8) is 0 Å². The highest BCUT2D eigenvalue weighted by Crippen LogP contribution is 2.26. The van der Waals surface area contributed by atoms with E-state index in [0.717, 1.165) is 25.7 Å². The van der Waals surface area contributed by atoms with E-state index in [1.54, 1.807) is 36.2 Å². The molecule has 1 unspecified atom stereocenters. The molecule has 0 radical (unpaired) electrons. The SMILES string of the molecule is CCCCCCN(C(=O)c1ccccc1F)C(CC)c1nc2ccccc2c(=O)n1C. The minimum atomic E-state index is -0.540. The lowest BCUT2D eigenvalue weighted by atomic mass is 10.1. The van der Waals surface area contributed by atoms with Crippen molar-refractivity contribution >= 4 is 16.8 Å². The Labute approximate surface area is 182 Å². The fourth-order valence-corrected chi connectivity index (χ4v) is 3.97. The van der Waals surface area contributed by atoms with Crippen molar-refractivity contribution < 1.29 is 9.18 Å². The second kappa shape index (κ2) is 10.3. The third-order valence-electron chi connectivity index (χ3n) is 5.70. The van der Waals surface area contributed by atoms with E-state index in [0.29, 0.717) is 29.7 Å². The van der Waals surface area contributed by atoms with E-state index in [2.05, 4.69) is 6.92 Å². The number of rotatable bonds is 9. The summed E-state index contributed by atoms with van der Waals surface area (Å²) in [6.45, 7) is 4.57. The molecule has 31 heavy (non-hydrogen) atoms. The zero-order chi connectivity index (χ0) is 22.4. The molecule has 0 spiro atoms. The number of nitrogens with zero attached hydrogens (tertiary/aromatic N) is 3. The molecule has 1 aromatic heterocycles. The second-order valence-corrected chi connectivity index (χ2v) is 7.81. The van der Waals surface area contributed by atoms with Gasteiger partial charge in [0.05, 0.1) is 22.5 Å². The van der Waals surface area contributed by atoms with Crippen LogP contribution in [0.15, 0.2) is 53.3 Å². The zero-order valence-corrected chi connectivity index (χ0v) is 18.5. The largest absolute Gasteiger partial charge is 0.328 e. The first-order chi connectivity index (χ1) is 15.0. The van der Waals surface area contributed by atoms with Crippen molar-refractivity contribution in [2.45, 2.75) is 52.0 Å². The van der Waals surface area contributed by atoms with Gasteiger partial charge in [0.2, 0.25) is 0 Å². The van der Waals surface area contributed by atoms with Gasteiger partial charge in [0.25, 0.3) is 11.5 Å². The maximum absolute atomic E-state index is 14.4. The number of aromatic nitrogens is 2. The predicted molar refractivity (Wildman–Crippen MR) is 122 cm³/mol. The van der Waals surface area contributed by atoms with Crippen LogP contribution in [-0.4, -0.2) is 26.9 Å². The summed E-state index contributed by atoms with van der Waals surface area (Å²) in [5, 5.41) is 0.540. The maximum atomic E-state index is 14.4. The number of unbranched alkanes of at least 4 members (excludes halogenated alkanes) is 3. The predicted octanol–water partition coefficient (Wildman–Crippen LogP) is 5.25. The number of hydrogen-bond donors (Lipinski definition) is 0. The molecular weight excluding hydrogens is 393 g/mol. The molecule has 3 aromatic rings. The molecule has 6 heteroatoms. The Balaban J connectivity index is 2.06. The van der Waals surface area contributed by atoms with E-state index in [4.69, 9.17) is 4.98 Å². The van der Waals surface area contributed by atoms with Gasteiger partial charge >= 0.3 is 0 Å². The summed E-state index contributed by atoms with van der Waals surface area (Å²) in [4.78, 5) is 32.8. The van der Waals surface area contributed by atoms with Crippen molar-refractivity contribution in [3.8, 4) is 0 Å². The molecule has 0 bridgehead atoms. The fourth-order valence-electron chi connectivity index (χ4n) is 3.97. The van der Waals surface area contributed by atoms with E-state index < -0.39 is 11.9 Å². The molecule has 0 fully saturated rings. The fraction of sp³-hybridized carbons (Fsp3) is 0.400. The summed E-state index contributed by atoms with van der Waals surface area (Å²) < 4.78 is 16.0. The summed E-state index contributed by atoms with van der Waals surface area (Å²) in [6, 6.07) is 12.8. The van der Waals surface area contributed by atoms with Gasteiger partial charge in [0.15, 0.2) is 0 Å². The Morgan fingerprint density at radius 1 is 1.06 bits per heavy atom. The van der Waals surface area contributed by atoms with E-state index in [1.165, 1.54) is 16.7 Å². The number of carbonyl (C=O) groups is 1. The van der Waals surface area contributed by atoms with Gasteiger partial charge in [0, 0.05) is 13.6 Å². The molecule has 1 amide bonds. The molecule has 0 aliphatic rings. The highest BCUT2D eigenvalue weighted by atomic mass is 19.1. The van der Waals surface area contributed by atoms with Crippen LogP contribution in [0, 0.1) is 5.82 Å². The van der Waals surface area contributed by atoms with Crippen LogP contribution in [0.2, 0.25) is 0 Å². The molecule has 0 saturated carbocycles. The van der Waals surface area contributed by atoms with Crippen LogP contribution >= 0.6 is 0 Å². The van der Waals surface area contributed by atoms with Crippen molar-refractivity contribution in [2.75, 3.05) is 6.54 Å². The maximum Gasteiger partial charge on any atom is 0.261 e. The lowest BCUT2D eigenvalue weighted by Crippen LogP contribution is -2.39. The molecule has 0 aliphatic carbocycles. The van der Waals surface area contributed by atoms with Crippen LogP contribution in [-0.2, 0) is 7.05 Å². The molecule has 0 N–H and O–H groups in total. The Hall–Kier alpha value is -3.02. The van der Waals surface area contributed by atoms with Crippen LogP contribution in [0.3, 0.4) is 0 Å². The number of amides is 1. The van der Waals surface area contributed by atoms with Gasteiger partial charge in [-0.1, -0.05) is 57.4 Å². The topological polar surface area (TPSA) is 55.2 Å². The van der Waals surface area contributed by atoms with Crippen LogP contribution < -0.4 is 5.56 Å². The lowest BCUT2D eigenvalue weighted by Gasteiger charge is -2.32. The summed E-state index contributed by atoms with van der Waals surface area (Å²) in [7, 11) is 1.68. The molecule has 5 nitrogen and oxygen atoms in total. The van der Waals surface area contributed by atoms with Gasteiger partial charge in [-0.05, 0) is 37.1 Å². The molecule has 1 atom stereocenters. The van der Waals surface area contributed by atoms with E-state index >= 15 is 0 Å². The Kier molecular flexibility index (Phi) is 7.55. The summed E-state index contributed by atoms with van der Waals surface area (Å²) in [6.07, 6.45) is 4.52. The quantitative estimate of drug-likeness (QED) is 0.442. The molecule has 3 rings (SSSR count). The molecular formula is C25H30FN3O2.